The van der Waals surface area contributed by atoms with Crippen molar-refractivity contribution in [1.29, 1.82) is 0 Å². The number of ether oxygens (including phenoxy) is 1. The van der Waals surface area contributed by atoms with E-state index in [0.29, 0.717) is 28.6 Å². The first-order valence-corrected chi connectivity index (χ1v) is 7.96. The zero-order chi connectivity index (χ0) is 18.0. The zero-order valence-corrected chi connectivity index (χ0v) is 14.1. The molecule has 1 saturated heterocycles. The molecule has 1 fully saturated rings. The lowest BCUT2D eigenvalue weighted by Gasteiger charge is -2.11. The molecule has 6 nitrogen and oxygen atoms in total. The van der Waals surface area contributed by atoms with E-state index in [4.69, 9.17) is 16.3 Å². The van der Waals surface area contributed by atoms with Gasteiger partial charge in [-0.05, 0) is 55.0 Å². The molecule has 0 atom stereocenters. The number of phenolic OH excluding ortho intramolecular Hbond substituents is 1. The molecule has 0 bridgehead atoms. The molecule has 1 aliphatic heterocycles. The molecule has 25 heavy (non-hydrogen) atoms. The third-order valence-corrected chi connectivity index (χ3v) is 3.81. The maximum atomic E-state index is 12.5. The Hall–Kier alpha value is -2.99. The van der Waals surface area contributed by atoms with Crippen molar-refractivity contribution in [3.63, 3.8) is 0 Å². The lowest BCUT2D eigenvalue weighted by molar-refractivity contribution is -0.113. The van der Waals surface area contributed by atoms with E-state index >= 15 is 0 Å². The number of phenols is 1. The van der Waals surface area contributed by atoms with E-state index in [0.717, 1.165) is 4.90 Å². The average Bonchev–Trinajstić information content (AvgIpc) is 2.85. The second-order valence-electron chi connectivity index (χ2n) is 5.27. The van der Waals surface area contributed by atoms with Crippen molar-refractivity contribution in [3.05, 3.63) is 58.7 Å². The summed E-state index contributed by atoms with van der Waals surface area (Å²) in [4.78, 5) is 25.7. The Morgan fingerprint density at radius 1 is 1.20 bits per heavy atom. The Balaban J connectivity index is 1.87. The van der Waals surface area contributed by atoms with Crippen molar-refractivity contribution in [2.45, 2.75) is 6.92 Å². The van der Waals surface area contributed by atoms with Gasteiger partial charge in [0.2, 0.25) is 0 Å². The van der Waals surface area contributed by atoms with E-state index in [9.17, 15) is 14.7 Å². The van der Waals surface area contributed by atoms with Crippen LogP contribution in [0.1, 0.15) is 12.5 Å². The van der Waals surface area contributed by atoms with Gasteiger partial charge in [0.1, 0.15) is 5.70 Å². The van der Waals surface area contributed by atoms with Crippen molar-refractivity contribution in [2.75, 3.05) is 11.5 Å². The fourth-order valence-corrected chi connectivity index (χ4v) is 2.55. The summed E-state index contributed by atoms with van der Waals surface area (Å²) in [5.74, 6) is -0.169. The quantitative estimate of drug-likeness (QED) is 0.647. The number of anilines is 1. The first-order valence-electron chi connectivity index (χ1n) is 7.58. The second-order valence-corrected chi connectivity index (χ2v) is 5.70. The third-order valence-electron chi connectivity index (χ3n) is 3.56. The number of amides is 3. The lowest BCUT2D eigenvalue weighted by Crippen LogP contribution is -2.30. The van der Waals surface area contributed by atoms with Crippen LogP contribution < -0.4 is 15.0 Å². The molecule has 0 saturated carbocycles. The molecule has 3 rings (SSSR count). The molecule has 7 heteroatoms. The number of urea groups is 1. The molecule has 128 valence electrons. The maximum Gasteiger partial charge on any atom is 0.333 e. The van der Waals surface area contributed by atoms with Gasteiger partial charge in [0, 0.05) is 5.02 Å². The van der Waals surface area contributed by atoms with Crippen molar-refractivity contribution >= 4 is 35.3 Å². The summed E-state index contributed by atoms with van der Waals surface area (Å²) in [6, 6.07) is 10.6. The highest BCUT2D eigenvalue weighted by Gasteiger charge is 2.34. The minimum absolute atomic E-state index is 0.0393. The topological polar surface area (TPSA) is 78.9 Å². The van der Waals surface area contributed by atoms with Gasteiger partial charge in [-0.3, -0.25) is 4.79 Å². The molecule has 1 heterocycles. The molecular weight excluding hydrogens is 344 g/mol. The van der Waals surface area contributed by atoms with Gasteiger partial charge >= 0.3 is 6.03 Å². The minimum atomic E-state index is -0.547. The van der Waals surface area contributed by atoms with Crippen LogP contribution in [0.5, 0.6) is 11.5 Å². The van der Waals surface area contributed by atoms with E-state index in [-0.39, 0.29) is 11.4 Å². The molecular formula is C18H15ClN2O4. The van der Waals surface area contributed by atoms with Crippen LogP contribution in [0.4, 0.5) is 10.5 Å². The van der Waals surface area contributed by atoms with Crippen LogP contribution in [0.15, 0.2) is 48.2 Å². The predicted octanol–water partition coefficient (Wildman–Crippen LogP) is 3.54. The van der Waals surface area contributed by atoms with Gasteiger partial charge in [0.05, 0.1) is 12.3 Å². The summed E-state index contributed by atoms with van der Waals surface area (Å²) >= 11 is 5.83. The summed E-state index contributed by atoms with van der Waals surface area (Å²) in [5.41, 5.74) is 1.09. The third kappa shape index (κ3) is 3.44. The van der Waals surface area contributed by atoms with Crippen molar-refractivity contribution in [1.82, 2.24) is 5.32 Å². The second kappa shape index (κ2) is 6.86. The highest BCUT2D eigenvalue weighted by molar-refractivity contribution is 6.31. The fourth-order valence-electron chi connectivity index (χ4n) is 2.43. The molecule has 2 aromatic carbocycles. The van der Waals surface area contributed by atoms with Gasteiger partial charge in [0.25, 0.3) is 5.91 Å². The number of hydrogen-bond acceptors (Lipinski definition) is 4. The van der Waals surface area contributed by atoms with Crippen LogP contribution in [0.25, 0.3) is 6.08 Å². The van der Waals surface area contributed by atoms with Crippen LogP contribution in [0.2, 0.25) is 5.02 Å². The number of benzene rings is 2. The Bertz CT molecular complexity index is 862. The number of carbonyl (C=O) groups excluding carboxylic acids is 2. The molecule has 0 spiro atoms. The predicted molar refractivity (Wildman–Crippen MR) is 94.7 cm³/mol. The van der Waals surface area contributed by atoms with E-state index in [2.05, 4.69) is 5.32 Å². The fraction of sp³-hybridized carbons (Fsp3) is 0.111. The summed E-state index contributed by atoms with van der Waals surface area (Å²) in [5, 5.41) is 13.0. The van der Waals surface area contributed by atoms with Crippen molar-refractivity contribution < 1.29 is 19.4 Å². The van der Waals surface area contributed by atoms with E-state index in [1.165, 1.54) is 12.1 Å². The van der Waals surface area contributed by atoms with Crippen molar-refractivity contribution in [3.8, 4) is 11.5 Å². The first-order chi connectivity index (χ1) is 12.0. The Kier molecular flexibility index (Phi) is 4.63. The summed E-state index contributed by atoms with van der Waals surface area (Å²) < 4.78 is 5.26. The number of halogens is 1. The Morgan fingerprint density at radius 3 is 2.56 bits per heavy atom. The van der Waals surface area contributed by atoms with E-state index in [1.807, 2.05) is 6.92 Å². The van der Waals surface area contributed by atoms with Crippen LogP contribution in [0, 0.1) is 0 Å². The van der Waals surface area contributed by atoms with Gasteiger partial charge in [0.15, 0.2) is 11.5 Å². The minimum Gasteiger partial charge on any atom is -0.504 e. The number of nitrogens with one attached hydrogen (secondary N) is 1. The summed E-state index contributed by atoms with van der Waals surface area (Å²) in [6.45, 7) is 2.24. The lowest BCUT2D eigenvalue weighted by atomic mass is 10.1. The normalized spacial score (nSPS) is 15.6. The molecule has 0 unspecified atom stereocenters. The smallest absolute Gasteiger partial charge is 0.333 e. The van der Waals surface area contributed by atoms with Crippen LogP contribution in [0.3, 0.4) is 0 Å². The standard InChI is InChI=1S/C18H15ClN2O4/c1-2-25-16-8-3-11(10-15(16)22)9-14-17(23)21(18(24)20-14)13-6-4-12(19)5-7-13/h3-10,22H,2H2,1H3,(H,20,24). The average molecular weight is 359 g/mol. The number of carbonyl (C=O) groups is 2. The Morgan fingerprint density at radius 2 is 1.92 bits per heavy atom. The number of aromatic hydroxyl groups is 1. The van der Waals surface area contributed by atoms with Gasteiger partial charge in [-0.2, -0.15) is 0 Å². The first kappa shape index (κ1) is 16.9. The van der Waals surface area contributed by atoms with Crippen LogP contribution >= 0.6 is 11.6 Å². The molecule has 0 aromatic heterocycles. The largest absolute Gasteiger partial charge is 0.504 e. The van der Waals surface area contributed by atoms with E-state index < -0.39 is 11.9 Å². The molecule has 2 aromatic rings. The van der Waals surface area contributed by atoms with Gasteiger partial charge in [-0.15, -0.1) is 0 Å². The zero-order valence-electron chi connectivity index (χ0n) is 13.3. The monoisotopic (exact) mass is 358 g/mol. The molecule has 0 radical (unpaired) electrons. The molecule has 2 N–H and O–H groups in total. The highest BCUT2D eigenvalue weighted by atomic mass is 35.5. The van der Waals surface area contributed by atoms with Crippen LogP contribution in [-0.4, -0.2) is 23.7 Å². The molecule has 3 amide bonds. The molecule has 0 aliphatic carbocycles. The maximum absolute atomic E-state index is 12.5. The van der Waals surface area contributed by atoms with Gasteiger partial charge in [-0.25, -0.2) is 9.69 Å². The highest BCUT2D eigenvalue weighted by Crippen LogP contribution is 2.29. The number of nitrogens with zero attached hydrogens (tertiary/aromatic N) is 1. The van der Waals surface area contributed by atoms with Gasteiger partial charge < -0.3 is 15.2 Å². The van der Waals surface area contributed by atoms with E-state index in [1.54, 1.807) is 36.4 Å². The number of imide groups is 1. The Labute approximate surface area is 149 Å². The van der Waals surface area contributed by atoms with Crippen LogP contribution in [-0.2, 0) is 4.79 Å². The van der Waals surface area contributed by atoms with Gasteiger partial charge in [-0.1, -0.05) is 17.7 Å². The van der Waals surface area contributed by atoms with Crippen molar-refractivity contribution in [2.24, 2.45) is 0 Å². The summed E-state index contributed by atoms with van der Waals surface area (Å²) in [7, 11) is 0. The summed E-state index contributed by atoms with van der Waals surface area (Å²) in [6.07, 6.45) is 1.49. The SMILES string of the molecule is CCOc1ccc(C=C2NC(=O)N(c3ccc(Cl)cc3)C2=O)cc1O. The molecule has 1 aliphatic rings. The number of rotatable bonds is 4. The number of hydrogen-bond donors (Lipinski definition) is 2.